The molecule has 6 heteroatoms. The number of pyridine rings is 1. The van der Waals surface area contributed by atoms with Crippen LogP contribution in [-0.2, 0) is 6.54 Å². The number of thioether (sulfide) groups is 1. The van der Waals surface area contributed by atoms with Gasteiger partial charge in [-0.1, -0.05) is 18.2 Å². The van der Waals surface area contributed by atoms with Gasteiger partial charge in [-0.15, -0.1) is 0 Å². The second-order valence-corrected chi connectivity index (χ2v) is 7.07. The standard InChI is InChI=1S/C19H18N2O3S/c22-19(21-11-16-9-13-3-1-2-4-17(13)23-16)14-5-7-20-18(10-14)24-15-6-8-25-12-15/h1-5,7,9-10,15H,6,8,11-12H2,(H,21,22). The first-order valence-corrected chi connectivity index (χ1v) is 9.39. The Hall–Kier alpha value is -2.47. The molecule has 1 amide bonds. The third-order valence-electron chi connectivity index (χ3n) is 4.07. The van der Waals surface area contributed by atoms with Gasteiger partial charge in [0, 0.05) is 29.0 Å². The van der Waals surface area contributed by atoms with Crippen LogP contribution in [0.3, 0.4) is 0 Å². The number of amides is 1. The third kappa shape index (κ3) is 3.79. The molecular weight excluding hydrogens is 336 g/mol. The molecule has 4 rings (SSSR count). The molecule has 1 aliphatic heterocycles. The molecule has 25 heavy (non-hydrogen) atoms. The summed E-state index contributed by atoms with van der Waals surface area (Å²) in [6, 6.07) is 13.1. The van der Waals surface area contributed by atoms with Gasteiger partial charge in [-0.3, -0.25) is 4.79 Å². The average molecular weight is 354 g/mol. The zero-order valence-electron chi connectivity index (χ0n) is 13.6. The van der Waals surface area contributed by atoms with E-state index >= 15 is 0 Å². The number of hydrogen-bond acceptors (Lipinski definition) is 5. The molecule has 1 N–H and O–H groups in total. The van der Waals surface area contributed by atoms with E-state index in [1.54, 1.807) is 18.3 Å². The van der Waals surface area contributed by atoms with Gasteiger partial charge < -0.3 is 14.5 Å². The van der Waals surface area contributed by atoms with Crippen LogP contribution in [0.5, 0.6) is 5.88 Å². The highest BCUT2D eigenvalue weighted by Crippen LogP contribution is 2.22. The number of para-hydroxylation sites is 1. The molecule has 128 valence electrons. The van der Waals surface area contributed by atoms with Crippen LogP contribution < -0.4 is 10.1 Å². The SMILES string of the molecule is O=C(NCc1cc2ccccc2o1)c1ccnc(OC2CCSC2)c1. The summed E-state index contributed by atoms with van der Waals surface area (Å²) < 4.78 is 11.6. The van der Waals surface area contributed by atoms with Crippen molar-refractivity contribution in [2.24, 2.45) is 0 Å². The van der Waals surface area contributed by atoms with Crippen molar-refractivity contribution < 1.29 is 13.9 Å². The number of furan rings is 1. The molecule has 3 aromatic rings. The van der Waals surface area contributed by atoms with Crippen molar-refractivity contribution in [1.82, 2.24) is 10.3 Å². The number of benzene rings is 1. The van der Waals surface area contributed by atoms with E-state index in [2.05, 4.69) is 10.3 Å². The molecule has 1 fully saturated rings. The first kappa shape index (κ1) is 16.0. The van der Waals surface area contributed by atoms with Gasteiger partial charge in [-0.05, 0) is 30.4 Å². The molecule has 0 radical (unpaired) electrons. The Morgan fingerprint density at radius 3 is 3.08 bits per heavy atom. The summed E-state index contributed by atoms with van der Waals surface area (Å²) in [5.41, 5.74) is 1.35. The first-order valence-electron chi connectivity index (χ1n) is 8.24. The average Bonchev–Trinajstić information content (AvgIpc) is 3.29. The Morgan fingerprint density at radius 2 is 2.24 bits per heavy atom. The van der Waals surface area contributed by atoms with Gasteiger partial charge >= 0.3 is 0 Å². The number of nitrogens with one attached hydrogen (secondary N) is 1. The fourth-order valence-corrected chi connectivity index (χ4v) is 3.88. The van der Waals surface area contributed by atoms with Gasteiger partial charge in [0.2, 0.25) is 5.88 Å². The van der Waals surface area contributed by atoms with E-state index in [1.807, 2.05) is 42.1 Å². The lowest BCUT2D eigenvalue weighted by Gasteiger charge is -2.12. The third-order valence-corrected chi connectivity index (χ3v) is 5.20. The Bertz CT molecular complexity index is 854. The van der Waals surface area contributed by atoms with Crippen molar-refractivity contribution in [3.05, 3.63) is 60.0 Å². The fourth-order valence-electron chi connectivity index (χ4n) is 2.79. The van der Waals surface area contributed by atoms with Crippen molar-refractivity contribution in [2.45, 2.75) is 19.1 Å². The Kier molecular flexibility index (Phi) is 4.61. The minimum Gasteiger partial charge on any atom is -0.473 e. The van der Waals surface area contributed by atoms with Crippen LogP contribution in [0.2, 0.25) is 0 Å². The largest absolute Gasteiger partial charge is 0.473 e. The second kappa shape index (κ2) is 7.19. The summed E-state index contributed by atoms with van der Waals surface area (Å²) in [7, 11) is 0. The highest BCUT2D eigenvalue weighted by Gasteiger charge is 2.18. The number of ether oxygens (including phenoxy) is 1. The number of fused-ring (bicyclic) bond motifs is 1. The quantitative estimate of drug-likeness (QED) is 0.758. The number of hydrogen-bond donors (Lipinski definition) is 1. The van der Waals surface area contributed by atoms with Gasteiger partial charge in [0.25, 0.3) is 5.91 Å². The molecular formula is C19H18N2O3S. The van der Waals surface area contributed by atoms with Crippen molar-refractivity contribution in [3.63, 3.8) is 0 Å². The van der Waals surface area contributed by atoms with E-state index in [1.165, 1.54) is 0 Å². The van der Waals surface area contributed by atoms with Crippen LogP contribution in [0.15, 0.2) is 53.1 Å². The molecule has 5 nitrogen and oxygen atoms in total. The Morgan fingerprint density at radius 1 is 1.32 bits per heavy atom. The molecule has 1 aromatic carbocycles. The van der Waals surface area contributed by atoms with Crippen molar-refractivity contribution in [2.75, 3.05) is 11.5 Å². The van der Waals surface area contributed by atoms with E-state index in [-0.39, 0.29) is 12.0 Å². The van der Waals surface area contributed by atoms with Crippen LogP contribution in [0.4, 0.5) is 0 Å². The lowest BCUT2D eigenvalue weighted by Crippen LogP contribution is -2.23. The zero-order valence-corrected chi connectivity index (χ0v) is 14.4. The maximum absolute atomic E-state index is 12.4. The van der Waals surface area contributed by atoms with Crippen LogP contribution in [0.1, 0.15) is 22.5 Å². The van der Waals surface area contributed by atoms with E-state index in [9.17, 15) is 4.79 Å². The molecule has 0 aliphatic carbocycles. The number of carbonyl (C=O) groups is 1. The molecule has 1 atom stereocenters. The number of nitrogens with zero attached hydrogens (tertiary/aromatic N) is 1. The summed E-state index contributed by atoms with van der Waals surface area (Å²) in [6.45, 7) is 0.339. The predicted molar refractivity (Wildman–Crippen MR) is 98.0 cm³/mol. The lowest BCUT2D eigenvalue weighted by molar-refractivity contribution is 0.0947. The number of rotatable bonds is 5. The van der Waals surface area contributed by atoms with Gasteiger partial charge in [0.15, 0.2) is 0 Å². The van der Waals surface area contributed by atoms with Crippen molar-refractivity contribution in [1.29, 1.82) is 0 Å². The Balaban J connectivity index is 1.40. The highest BCUT2D eigenvalue weighted by molar-refractivity contribution is 7.99. The summed E-state index contributed by atoms with van der Waals surface area (Å²) in [5.74, 6) is 3.15. The molecule has 1 unspecified atom stereocenters. The minimum absolute atomic E-state index is 0.173. The molecule has 3 heterocycles. The van der Waals surface area contributed by atoms with Crippen LogP contribution >= 0.6 is 11.8 Å². The number of aromatic nitrogens is 1. The summed E-state index contributed by atoms with van der Waals surface area (Å²) in [5, 5.41) is 3.91. The van der Waals surface area contributed by atoms with Gasteiger partial charge in [-0.25, -0.2) is 4.98 Å². The van der Waals surface area contributed by atoms with Crippen LogP contribution in [-0.4, -0.2) is 28.5 Å². The molecule has 1 saturated heterocycles. The van der Waals surface area contributed by atoms with E-state index in [0.29, 0.717) is 18.0 Å². The normalized spacial score (nSPS) is 16.9. The smallest absolute Gasteiger partial charge is 0.251 e. The van der Waals surface area contributed by atoms with Gasteiger partial charge in [0.1, 0.15) is 17.4 Å². The monoisotopic (exact) mass is 354 g/mol. The van der Waals surface area contributed by atoms with E-state index in [0.717, 1.165) is 34.7 Å². The fraction of sp³-hybridized carbons (Fsp3) is 0.263. The van der Waals surface area contributed by atoms with Crippen LogP contribution in [0, 0.1) is 0 Å². The predicted octanol–water partition coefficient (Wildman–Crippen LogP) is 3.64. The van der Waals surface area contributed by atoms with E-state index in [4.69, 9.17) is 9.15 Å². The first-order chi connectivity index (χ1) is 12.3. The molecule has 0 saturated carbocycles. The summed E-state index contributed by atoms with van der Waals surface area (Å²) in [6.07, 6.45) is 2.81. The highest BCUT2D eigenvalue weighted by atomic mass is 32.2. The van der Waals surface area contributed by atoms with Gasteiger partial charge in [-0.2, -0.15) is 11.8 Å². The topological polar surface area (TPSA) is 64.4 Å². The Labute approximate surface area is 149 Å². The van der Waals surface area contributed by atoms with Crippen LogP contribution in [0.25, 0.3) is 11.0 Å². The summed E-state index contributed by atoms with van der Waals surface area (Å²) in [4.78, 5) is 16.6. The van der Waals surface area contributed by atoms with Gasteiger partial charge in [0.05, 0.1) is 6.54 Å². The molecule has 1 aliphatic rings. The van der Waals surface area contributed by atoms with Crippen molar-refractivity contribution >= 4 is 28.6 Å². The maximum Gasteiger partial charge on any atom is 0.251 e. The second-order valence-electron chi connectivity index (χ2n) is 5.92. The molecule has 0 bridgehead atoms. The lowest BCUT2D eigenvalue weighted by atomic mass is 10.2. The zero-order chi connectivity index (χ0) is 17.1. The minimum atomic E-state index is -0.173. The maximum atomic E-state index is 12.4. The van der Waals surface area contributed by atoms with Crippen molar-refractivity contribution in [3.8, 4) is 5.88 Å². The van der Waals surface area contributed by atoms with E-state index < -0.39 is 0 Å². The molecule has 2 aromatic heterocycles. The molecule has 0 spiro atoms. The summed E-state index contributed by atoms with van der Waals surface area (Å²) >= 11 is 1.88. The number of carbonyl (C=O) groups excluding carboxylic acids is 1.